The van der Waals surface area contributed by atoms with Gasteiger partial charge in [-0.05, 0) is 109 Å². The van der Waals surface area contributed by atoms with Gasteiger partial charge in [0.25, 0.3) is 5.91 Å². The zero-order valence-electron chi connectivity index (χ0n) is 34.9. The second kappa shape index (κ2) is 23.2. The van der Waals surface area contributed by atoms with Crippen LogP contribution in [0.1, 0.15) is 82.8 Å². The Morgan fingerprint density at radius 2 is 1.65 bits per heavy atom. The Morgan fingerprint density at radius 3 is 2.16 bits per heavy atom. The number of hydrogen-bond acceptors (Lipinski definition) is 9. The minimum atomic E-state index is -0.520. The second-order valence-corrected chi connectivity index (χ2v) is 14.3. The minimum absolute atomic E-state index is 0.0137. The number of piperazine rings is 1. The fraction of sp³-hybridized carbons (Fsp3) is 0.432. The average molecular weight is 788 g/mol. The van der Waals surface area contributed by atoms with Crippen LogP contribution in [-0.4, -0.2) is 77.6 Å². The van der Waals surface area contributed by atoms with Gasteiger partial charge in [0.1, 0.15) is 17.7 Å². The third-order valence-corrected chi connectivity index (χ3v) is 8.72. The Morgan fingerprint density at radius 1 is 1.04 bits per heavy atom. The highest BCUT2D eigenvalue weighted by atomic mass is 19.1. The molecule has 2 aromatic heterocycles. The number of halogens is 2. The Hall–Kier alpha value is -5.11. The van der Waals surface area contributed by atoms with E-state index < -0.39 is 11.6 Å². The number of likely N-dealkylation sites (N-methyl/N-ethyl adjacent to an activating group) is 1. The molecule has 3 fully saturated rings. The average Bonchev–Trinajstić information content (AvgIpc) is 4.14. The first-order valence-electron chi connectivity index (χ1n) is 19.9. The zero-order chi connectivity index (χ0) is 42.1. The lowest BCUT2D eigenvalue weighted by atomic mass is 10.2. The summed E-state index contributed by atoms with van der Waals surface area (Å²) in [7, 11) is 2.13. The van der Waals surface area contributed by atoms with Crippen molar-refractivity contribution in [2.24, 2.45) is 11.5 Å². The second-order valence-electron chi connectivity index (χ2n) is 14.3. The van der Waals surface area contributed by atoms with Crippen molar-refractivity contribution >= 4 is 34.0 Å². The van der Waals surface area contributed by atoms with Crippen LogP contribution in [0.15, 0.2) is 85.0 Å². The quantitative estimate of drug-likeness (QED) is 0.0993. The first-order valence-corrected chi connectivity index (χ1v) is 19.9. The number of carbonyl (C=O) groups excluding carboxylic acids is 1. The van der Waals surface area contributed by atoms with Gasteiger partial charge in [0, 0.05) is 71.8 Å². The summed E-state index contributed by atoms with van der Waals surface area (Å²) in [5, 5.41) is 6.63. The Balaban J connectivity index is 0.000000381. The maximum Gasteiger partial charge on any atom is 0.260 e. The first kappa shape index (κ1) is 46.3. The van der Waals surface area contributed by atoms with Gasteiger partial charge in [-0.2, -0.15) is 0 Å². The number of aromatic amines is 1. The maximum absolute atomic E-state index is 15.3. The number of nitrogens with zero attached hydrogens (tertiary/aromatic N) is 4. The van der Waals surface area contributed by atoms with Crippen LogP contribution >= 0.6 is 0 Å². The monoisotopic (exact) mass is 788 g/mol. The lowest BCUT2D eigenvalue weighted by Crippen LogP contribution is -2.44. The molecule has 11 nitrogen and oxygen atoms in total. The number of aromatic nitrogens is 3. The molecule has 3 aliphatic rings. The summed E-state index contributed by atoms with van der Waals surface area (Å²) in [6.45, 7) is 23.1. The molecule has 57 heavy (non-hydrogen) atoms. The molecule has 2 aliphatic carbocycles. The molecule has 2 aromatic carbocycles. The number of nitrogens with one attached hydrogen (secondary N) is 3. The lowest BCUT2D eigenvalue weighted by molar-refractivity contribution is 0.0948. The first-order chi connectivity index (χ1) is 27.3. The summed E-state index contributed by atoms with van der Waals surface area (Å²) in [6.07, 6.45) is 8.43. The minimum Gasteiger partial charge on any atom is -0.435 e. The summed E-state index contributed by atoms with van der Waals surface area (Å²) >= 11 is 0. The van der Waals surface area contributed by atoms with E-state index in [1.807, 2.05) is 46.8 Å². The number of rotatable bonds is 10. The van der Waals surface area contributed by atoms with E-state index in [1.54, 1.807) is 18.2 Å². The molecule has 7 rings (SSSR count). The SMILES string of the molecule is C=C(F)C(=C)C=C(C)C.CC.CCCN.Cc1cc2c(F)c(Oc3ncnc(Nc4ccc(N5CCN(C)CC5)cc4)c3C(=O)NC3CC3)ccc2[nH]1.NC1CC1. The highest BCUT2D eigenvalue weighted by Gasteiger charge is 2.29. The third kappa shape index (κ3) is 15.4. The predicted octanol–water partition coefficient (Wildman–Crippen LogP) is 9.07. The largest absolute Gasteiger partial charge is 0.435 e. The molecule has 2 saturated carbocycles. The smallest absolute Gasteiger partial charge is 0.260 e. The molecule has 0 bridgehead atoms. The van der Waals surface area contributed by atoms with Crippen molar-refractivity contribution in [3.05, 3.63) is 102 Å². The Labute approximate surface area is 337 Å². The van der Waals surface area contributed by atoms with Gasteiger partial charge in [-0.15, -0.1) is 0 Å². The van der Waals surface area contributed by atoms with Gasteiger partial charge < -0.3 is 41.6 Å². The van der Waals surface area contributed by atoms with Crippen molar-refractivity contribution in [1.29, 1.82) is 0 Å². The summed E-state index contributed by atoms with van der Waals surface area (Å²) in [5.74, 6) is -1.08. The number of carbonyl (C=O) groups is 1. The van der Waals surface area contributed by atoms with Crippen LogP contribution in [0, 0.1) is 12.7 Å². The van der Waals surface area contributed by atoms with Crippen molar-refractivity contribution in [3.8, 4) is 11.6 Å². The number of aryl methyl sites for hydroxylation is 1. The van der Waals surface area contributed by atoms with E-state index in [2.05, 4.69) is 74.6 Å². The molecular formula is C44H63F2N9O2. The predicted molar refractivity (Wildman–Crippen MR) is 232 cm³/mol. The topological polar surface area (TPSA) is 150 Å². The van der Waals surface area contributed by atoms with Crippen molar-refractivity contribution < 1.29 is 18.3 Å². The third-order valence-electron chi connectivity index (χ3n) is 8.72. The van der Waals surface area contributed by atoms with Crippen molar-refractivity contribution in [2.75, 3.05) is 50.0 Å². The van der Waals surface area contributed by atoms with Crippen LogP contribution in [0.25, 0.3) is 10.9 Å². The van der Waals surface area contributed by atoms with Crippen LogP contribution in [0.2, 0.25) is 0 Å². The maximum atomic E-state index is 15.3. The fourth-order valence-corrected chi connectivity index (χ4v) is 5.18. The van der Waals surface area contributed by atoms with E-state index in [9.17, 15) is 9.18 Å². The zero-order valence-corrected chi connectivity index (χ0v) is 34.9. The standard InChI is InChI=1S/C28H30FN7O2.C8H11F.C3H7N.C3H9N.C2H6/c1-17-15-21-22(32-17)9-10-23(25(21)29)38-28-24(27(37)34-19-3-4-19)26(30-16-31-28)33-18-5-7-20(8-6-18)36-13-11-35(2)12-14-36;1-6(2)5-7(3)8(4)9;4-3-1-2-3;1-2-3-4;1-2/h5-10,15-16,19,32H,3-4,11-14H2,1-2H3,(H,34,37)(H,30,31,33);5H,3-4H2,1-2H3;3H,1-2,4H2;2-4H2,1H3;1-2H3. The Kier molecular flexibility index (Phi) is 18.8. The number of allylic oxidation sites excluding steroid dienone is 4. The highest BCUT2D eigenvalue weighted by molar-refractivity contribution is 6.02. The Bertz CT molecular complexity index is 1920. The number of nitrogens with two attached hydrogens (primary N) is 2. The molecule has 1 amide bonds. The van der Waals surface area contributed by atoms with Gasteiger partial charge in [-0.1, -0.05) is 45.6 Å². The molecule has 0 unspecified atom stereocenters. The number of anilines is 3. The van der Waals surface area contributed by atoms with Gasteiger partial charge in [0.05, 0.1) is 0 Å². The molecular weight excluding hydrogens is 725 g/mol. The van der Waals surface area contributed by atoms with Crippen LogP contribution < -0.4 is 31.7 Å². The summed E-state index contributed by atoms with van der Waals surface area (Å²) in [6, 6.07) is 13.7. The summed E-state index contributed by atoms with van der Waals surface area (Å²) < 4.78 is 33.3. The lowest BCUT2D eigenvalue weighted by Gasteiger charge is -2.34. The van der Waals surface area contributed by atoms with Crippen LogP contribution in [0.4, 0.5) is 26.0 Å². The number of hydrogen-bond donors (Lipinski definition) is 5. The molecule has 0 atom stereocenters. The highest BCUT2D eigenvalue weighted by Crippen LogP contribution is 2.34. The molecule has 310 valence electrons. The van der Waals surface area contributed by atoms with Crippen molar-refractivity contribution in [3.63, 3.8) is 0 Å². The molecule has 0 radical (unpaired) electrons. The van der Waals surface area contributed by atoms with E-state index in [0.717, 1.165) is 74.6 Å². The van der Waals surface area contributed by atoms with E-state index in [-0.39, 0.29) is 29.1 Å². The molecule has 1 aliphatic heterocycles. The van der Waals surface area contributed by atoms with Gasteiger partial charge in [0.2, 0.25) is 5.88 Å². The molecule has 1 saturated heterocycles. The summed E-state index contributed by atoms with van der Waals surface area (Å²) in [4.78, 5) is 29.6. The number of H-pyrrole nitrogens is 1. The molecule has 7 N–H and O–H groups in total. The number of ether oxygens (including phenoxy) is 1. The molecule has 0 spiro atoms. The van der Waals surface area contributed by atoms with E-state index in [0.29, 0.717) is 28.3 Å². The van der Waals surface area contributed by atoms with E-state index in [4.69, 9.17) is 16.2 Å². The summed E-state index contributed by atoms with van der Waals surface area (Å²) in [5.41, 5.74) is 15.2. The van der Waals surface area contributed by atoms with Crippen molar-refractivity contribution in [2.45, 2.75) is 85.7 Å². The fourth-order valence-electron chi connectivity index (χ4n) is 5.18. The van der Waals surface area contributed by atoms with Gasteiger partial charge in [-0.25, -0.2) is 18.7 Å². The normalized spacial score (nSPS) is 14.5. The van der Waals surface area contributed by atoms with Gasteiger partial charge >= 0.3 is 0 Å². The van der Waals surface area contributed by atoms with Crippen molar-refractivity contribution in [1.82, 2.24) is 25.2 Å². The van der Waals surface area contributed by atoms with E-state index in [1.165, 1.54) is 25.2 Å². The molecule has 13 heteroatoms. The van der Waals surface area contributed by atoms with Gasteiger partial charge in [0.15, 0.2) is 17.4 Å². The van der Waals surface area contributed by atoms with Gasteiger partial charge in [-0.3, -0.25) is 4.79 Å². The van der Waals surface area contributed by atoms with Crippen LogP contribution in [0.3, 0.4) is 0 Å². The van der Waals surface area contributed by atoms with E-state index >= 15 is 4.39 Å². The molecule has 4 aromatic rings. The number of amides is 1. The van der Waals surface area contributed by atoms with Crippen LogP contribution in [0.5, 0.6) is 11.6 Å². The van der Waals surface area contributed by atoms with Crippen LogP contribution in [-0.2, 0) is 0 Å². The number of fused-ring (bicyclic) bond motifs is 1. The number of benzene rings is 2. The molecule has 3 heterocycles.